The summed E-state index contributed by atoms with van der Waals surface area (Å²) < 4.78 is 0. The van der Waals surface area contributed by atoms with E-state index in [1.165, 1.54) is 31.4 Å². The summed E-state index contributed by atoms with van der Waals surface area (Å²) in [6.07, 6.45) is 6.29. The van der Waals surface area contributed by atoms with Crippen molar-refractivity contribution in [3.05, 3.63) is 30.3 Å². The summed E-state index contributed by atoms with van der Waals surface area (Å²) in [5.41, 5.74) is 1.32. The van der Waals surface area contributed by atoms with Crippen LogP contribution in [0.25, 0.3) is 0 Å². The van der Waals surface area contributed by atoms with Crippen LogP contribution in [0.5, 0.6) is 0 Å². The van der Waals surface area contributed by atoms with Gasteiger partial charge in [-0.25, -0.2) is 0 Å². The highest BCUT2D eigenvalue weighted by atomic mass is 16.3. The van der Waals surface area contributed by atoms with Crippen molar-refractivity contribution in [2.75, 3.05) is 37.6 Å². The molecule has 1 aliphatic carbocycles. The number of β-amino-alcohol motifs (C(OH)–C–C–N with tert-alkyl or cyclic N) is 1. The highest BCUT2D eigenvalue weighted by Gasteiger charge is 2.22. The molecule has 21 heavy (non-hydrogen) atoms. The van der Waals surface area contributed by atoms with E-state index in [1.54, 1.807) is 0 Å². The first-order valence-electron chi connectivity index (χ1n) is 8.51. The van der Waals surface area contributed by atoms with E-state index in [2.05, 4.69) is 40.1 Å². The summed E-state index contributed by atoms with van der Waals surface area (Å²) in [7, 11) is 0. The van der Waals surface area contributed by atoms with E-state index in [4.69, 9.17) is 0 Å². The number of hydrogen-bond acceptors (Lipinski definition) is 3. The molecule has 0 aromatic heterocycles. The zero-order chi connectivity index (χ0) is 14.5. The highest BCUT2D eigenvalue weighted by Crippen LogP contribution is 2.28. The van der Waals surface area contributed by atoms with Gasteiger partial charge in [-0.2, -0.15) is 0 Å². The Kier molecular flexibility index (Phi) is 5.15. The Labute approximate surface area is 128 Å². The monoisotopic (exact) mass is 288 g/mol. The van der Waals surface area contributed by atoms with Crippen molar-refractivity contribution in [2.45, 2.75) is 38.2 Å². The van der Waals surface area contributed by atoms with Gasteiger partial charge in [0.15, 0.2) is 0 Å². The second-order valence-corrected chi connectivity index (χ2v) is 6.66. The average Bonchev–Trinajstić information content (AvgIpc) is 3.02. The Morgan fingerprint density at radius 1 is 1.00 bits per heavy atom. The summed E-state index contributed by atoms with van der Waals surface area (Å²) in [4.78, 5) is 4.87. The minimum absolute atomic E-state index is 0.128. The molecule has 1 aliphatic heterocycles. The molecule has 0 bridgehead atoms. The predicted molar refractivity (Wildman–Crippen MR) is 87.7 cm³/mol. The van der Waals surface area contributed by atoms with E-state index in [9.17, 15) is 5.11 Å². The molecule has 1 saturated carbocycles. The van der Waals surface area contributed by atoms with Crippen molar-refractivity contribution in [2.24, 2.45) is 5.92 Å². The number of para-hydroxylation sites is 1. The lowest BCUT2D eigenvalue weighted by atomic mass is 10.00. The third kappa shape index (κ3) is 4.21. The lowest BCUT2D eigenvalue weighted by Gasteiger charge is -2.37. The van der Waals surface area contributed by atoms with E-state index in [0.29, 0.717) is 0 Å². The van der Waals surface area contributed by atoms with Gasteiger partial charge in [0.2, 0.25) is 0 Å². The first-order chi connectivity index (χ1) is 10.3. The van der Waals surface area contributed by atoms with Gasteiger partial charge in [-0.3, -0.25) is 4.90 Å². The maximum absolute atomic E-state index is 10.3. The fraction of sp³-hybridized carbons (Fsp3) is 0.667. The quantitative estimate of drug-likeness (QED) is 0.902. The summed E-state index contributed by atoms with van der Waals surface area (Å²) in [6.45, 7) is 5.13. The summed E-state index contributed by atoms with van der Waals surface area (Å²) >= 11 is 0. The minimum atomic E-state index is -0.128. The van der Waals surface area contributed by atoms with Gasteiger partial charge >= 0.3 is 0 Å². The third-order valence-electron chi connectivity index (χ3n) is 5.04. The van der Waals surface area contributed by atoms with Crippen molar-refractivity contribution in [3.63, 3.8) is 0 Å². The van der Waals surface area contributed by atoms with Gasteiger partial charge < -0.3 is 10.0 Å². The van der Waals surface area contributed by atoms with Crippen LogP contribution in [0.15, 0.2) is 30.3 Å². The molecule has 1 aromatic carbocycles. The molecule has 3 heteroatoms. The number of piperazine rings is 1. The van der Waals surface area contributed by atoms with Crippen molar-refractivity contribution >= 4 is 5.69 Å². The van der Waals surface area contributed by atoms with Crippen LogP contribution < -0.4 is 4.90 Å². The average molecular weight is 288 g/mol. The van der Waals surface area contributed by atoms with Crippen LogP contribution in [0.3, 0.4) is 0 Å². The van der Waals surface area contributed by atoms with E-state index >= 15 is 0 Å². The molecule has 3 rings (SSSR count). The molecule has 1 N–H and O–H groups in total. The number of hydrogen-bond donors (Lipinski definition) is 1. The lowest BCUT2D eigenvalue weighted by Crippen LogP contribution is -2.48. The van der Waals surface area contributed by atoms with Crippen molar-refractivity contribution < 1.29 is 5.11 Å². The van der Waals surface area contributed by atoms with Gasteiger partial charge in [0.1, 0.15) is 0 Å². The van der Waals surface area contributed by atoms with Gasteiger partial charge in [-0.15, -0.1) is 0 Å². The molecule has 1 saturated heterocycles. The first kappa shape index (κ1) is 14.9. The number of anilines is 1. The topological polar surface area (TPSA) is 26.7 Å². The van der Waals surface area contributed by atoms with Crippen molar-refractivity contribution in [1.82, 2.24) is 4.90 Å². The Morgan fingerprint density at radius 2 is 1.67 bits per heavy atom. The minimum Gasteiger partial charge on any atom is -0.392 e. The van der Waals surface area contributed by atoms with Crippen LogP contribution in [-0.4, -0.2) is 48.8 Å². The number of aliphatic hydroxyl groups is 1. The number of benzene rings is 1. The molecule has 0 spiro atoms. The fourth-order valence-electron chi connectivity index (χ4n) is 3.83. The Balaban J connectivity index is 1.41. The third-order valence-corrected chi connectivity index (χ3v) is 5.04. The van der Waals surface area contributed by atoms with Crippen LogP contribution in [0.2, 0.25) is 0 Å². The maximum Gasteiger partial charge on any atom is 0.0669 e. The molecule has 116 valence electrons. The fourth-order valence-corrected chi connectivity index (χ4v) is 3.83. The molecule has 1 atom stereocenters. The molecular formula is C18H28N2O. The Morgan fingerprint density at radius 3 is 2.33 bits per heavy atom. The summed E-state index contributed by atoms with van der Waals surface area (Å²) in [6, 6.07) is 10.6. The van der Waals surface area contributed by atoms with Gasteiger partial charge in [-0.1, -0.05) is 43.9 Å². The molecule has 1 aromatic rings. The highest BCUT2D eigenvalue weighted by molar-refractivity contribution is 5.46. The van der Waals surface area contributed by atoms with Gasteiger partial charge in [0.25, 0.3) is 0 Å². The van der Waals surface area contributed by atoms with Crippen molar-refractivity contribution in [3.8, 4) is 0 Å². The van der Waals surface area contributed by atoms with E-state index in [-0.39, 0.29) is 6.10 Å². The van der Waals surface area contributed by atoms with E-state index in [1.807, 2.05) is 0 Å². The molecule has 0 amide bonds. The van der Waals surface area contributed by atoms with E-state index in [0.717, 1.165) is 45.1 Å². The standard InChI is InChI=1S/C18H28N2O/c21-18(14-16-6-4-5-7-16)15-19-10-12-20(13-11-19)17-8-2-1-3-9-17/h1-3,8-9,16,18,21H,4-7,10-15H2. The molecule has 1 heterocycles. The molecule has 0 radical (unpaired) electrons. The normalized spacial score (nSPS) is 22.6. The van der Waals surface area contributed by atoms with E-state index < -0.39 is 0 Å². The van der Waals surface area contributed by atoms with Gasteiger partial charge in [-0.05, 0) is 24.5 Å². The maximum atomic E-state index is 10.3. The first-order valence-corrected chi connectivity index (χ1v) is 8.51. The zero-order valence-corrected chi connectivity index (χ0v) is 13.0. The Bertz CT molecular complexity index is 408. The van der Waals surface area contributed by atoms with Crippen LogP contribution in [0.4, 0.5) is 5.69 Å². The zero-order valence-electron chi connectivity index (χ0n) is 13.0. The number of aliphatic hydroxyl groups excluding tert-OH is 1. The summed E-state index contributed by atoms with van der Waals surface area (Å²) in [5, 5.41) is 10.3. The second-order valence-electron chi connectivity index (χ2n) is 6.66. The smallest absolute Gasteiger partial charge is 0.0669 e. The van der Waals surface area contributed by atoms with Crippen LogP contribution in [0.1, 0.15) is 32.1 Å². The molecule has 1 unspecified atom stereocenters. The molecule has 2 fully saturated rings. The molecular weight excluding hydrogens is 260 g/mol. The predicted octanol–water partition coefficient (Wildman–Crippen LogP) is 2.75. The van der Waals surface area contributed by atoms with Crippen molar-refractivity contribution in [1.29, 1.82) is 0 Å². The van der Waals surface area contributed by atoms with Crippen LogP contribution >= 0.6 is 0 Å². The summed E-state index contributed by atoms with van der Waals surface area (Å²) in [5.74, 6) is 0.783. The lowest BCUT2D eigenvalue weighted by molar-refractivity contribution is 0.0885. The molecule has 3 nitrogen and oxygen atoms in total. The largest absolute Gasteiger partial charge is 0.392 e. The second kappa shape index (κ2) is 7.28. The SMILES string of the molecule is OC(CC1CCCC1)CN1CCN(c2ccccc2)CC1. The molecule has 2 aliphatic rings. The van der Waals surface area contributed by atoms with Crippen LogP contribution in [0, 0.1) is 5.92 Å². The van der Waals surface area contributed by atoms with Gasteiger partial charge in [0.05, 0.1) is 6.10 Å². The van der Waals surface area contributed by atoms with Gasteiger partial charge in [0, 0.05) is 38.4 Å². The Hall–Kier alpha value is -1.06. The van der Waals surface area contributed by atoms with Crippen LogP contribution in [-0.2, 0) is 0 Å². The number of nitrogens with zero attached hydrogens (tertiary/aromatic N) is 2. The number of rotatable bonds is 5.